The van der Waals surface area contributed by atoms with Crippen LogP contribution in [-0.2, 0) is 16.4 Å². The molecule has 1 amide bonds. The number of carbonyl (C=O) groups is 1. The molecule has 3 N–H and O–H groups in total. The van der Waals surface area contributed by atoms with Crippen LogP contribution >= 0.6 is 11.3 Å². The number of amides is 1. The van der Waals surface area contributed by atoms with Crippen molar-refractivity contribution in [1.29, 1.82) is 0 Å². The average Bonchev–Trinajstić information content (AvgIpc) is 2.60. The number of nitrogens with one attached hydrogen (secondary N) is 1. The molecule has 0 aromatic carbocycles. The largest absolute Gasteiger partial charge is 0.366 e. The van der Waals surface area contributed by atoms with E-state index in [0.29, 0.717) is 12.1 Å². The number of thiophene rings is 1. The van der Waals surface area contributed by atoms with Crippen molar-refractivity contribution in [3.63, 3.8) is 0 Å². The first-order valence-electron chi connectivity index (χ1n) is 5.06. The van der Waals surface area contributed by atoms with E-state index in [9.17, 15) is 13.2 Å². The SMILES string of the molecule is CC(CS(C)(=O)=O)NCc1cc(C(N)=O)cs1. The van der Waals surface area contributed by atoms with Gasteiger partial charge >= 0.3 is 0 Å². The fourth-order valence-corrected chi connectivity index (χ4v) is 3.24. The van der Waals surface area contributed by atoms with Gasteiger partial charge in [-0.1, -0.05) is 0 Å². The zero-order valence-corrected chi connectivity index (χ0v) is 11.4. The van der Waals surface area contributed by atoms with E-state index < -0.39 is 15.7 Å². The van der Waals surface area contributed by atoms with Gasteiger partial charge in [-0.15, -0.1) is 11.3 Å². The van der Waals surface area contributed by atoms with Crippen molar-refractivity contribution >= 4 is 27.1 Å². The quantitative estimate of drug-likeness (QED) is 0.785. The maximum absolute atomic E-state index is 11.0. The van der Waals surface area contributed by atoms with E-state index in [-0.39, 0.29) is 11.8 Å². The highest BCUT2D eigenvalue weighted by atomic mass is 32.2. The molecule has 1 heterocycles. The van der Waals surface area contributed by atoms with Gasteiger partial charge in [-0.2, -0.15) is 0 Å². The van der Waals surface area contributed by atoms with Gasteiger partial charge in [-0.3, -0.25) is 4.79 Å². The Morgan fingerprint density at radius 3 is 2.71 bits per heavy atom. The van der Waals surface area contributed by atoms with Crippen LogP contribution < -0.4 is 11.1 Å². The lowest BCUT2D eigenvalue weighted by Gasteiger charge is -2.11. The molecule has 1 aromatic heterocycles. The summed E-state index contributed by atoms with van der Waals surface area (Å²) >= 11 is 1.43. The van der Waals surface area contributed by atoms with Crippen LogP contribution in [0.2, 0.25) is 0 Å². The monoisotopic (exact) mass is 276 g/mol. The van der Waals surface area contributed by atoms with Gasteiger partial charge in [0.2, 0.25) is 5.91 Å². The molecule has 0 aliphatic rings. The van der Waals surface area contributed by atoms with Gasteiger partial charge in [0.05, 0.1) is 11.3 Å². The Hall–Kier alpha value is -0.920. The van der Waals surface area contributed by atoms with Crippen LogP contribution in [0.25, 0.3) is 0 Å². The second-order valence-corrected chi connectivity index (χ2v) is 7.22. The van der Waals surface area contributed by atoms with Gasteiger partial charge in [0.25, 0.3) is 0 Å². The molecular formula is C10H16N2O3S2. The molecule has 0 aliphatic heterocycles. The lowest BCUT2D eigenvalue weighted by atomic mass is 10.3. The van der Waals surface area contributed by atoms with E-state index >= 15 is 0 Å². The molecule has 1 atom stereocenters. The second-order valence-electron chi connectivity index (χ2n) is 4.04. The molecule has 1 aromatic rings. The average molecular weight is 276 g/mol. The summed E-state index contributed by atoms with van der Waals surface area (Å²) in [5.41, 5.74) is 5.62. The third-order valence-electron chi connectivity index (χ3n) is 2.12. The van der Waals surface area contributed by atoms with Crippen molar-refractivity contribution in [2.75, 3.05) is 12.0 Å². The van der Waals surface area contributed by atoms with Crippen LogP contribution in [0.15, 0.2) is 11.4 Å². The summed E-state index contributed by atoms with van der Waals surface area (Å²) < 4.78 is 22.1. The summed E-state index contributed by atoms with van der Waals surface area (Å²) in [6, 6.07) is 1.59. The molecule has 7 heteroatoms. The van der Waals surface area contributed by atoms with E-state index in [1.807, 2.05) is 6.92 Å². The predicted octanol–water partition coefficient (Wildman–Crippen LogP) is 0.370. The minimum absolute atomic E-state index is 0.0983. The van der Waals surface area contributed by atoms with E-state index in [2.05, 4.69) is 5.32 Å². The maximum Gasteiger partial charge on any atom is 0.249 e. The molecular weight excluding hydrogens is 260 g/mol. The van der Waals surface area contributed by atoms with Gasteiger partial charge in [0, 0.05) is 29.1 Å². The zero-order valence-electron chi connectivity index (χ0n) is 9.76. The van der Waals surface area contributed by atoms with E-state index in [4.69, 9.17) is 5.73 Å². The number of hydrogen-bond acceptors (Lipinski definition) is 5. The standard InChI is InChI=1S/C10H16N2O3S2/c1-7(6-17(2,14)15)12-4-9-3-8(5-16-9)10(11)13/h3,5,7,12H,4,6H2,1-2H3,(H2,11,13). The molecule has 17 heavy (non-hydrogen) atoms. The van der Waals surface area contributed by atoms with E-state index in [1.54, 1.807) is 11.4 Å². The maximum atomic E-state index is 11.0. The van der Waals surface area contributed by atoms with Gasteiger partial charge in [0.1, 0.15) is 9.84 Å². The van der Waals surface area contributed by atoms with Crippen LogP contribution in [0.4, 0.5) is 0 Å². The number of nitrogens with two attached hydrogens (primary N) is 1. The molecule has 0 aliphatic carbocycles. The highest BCUT2D eigenvalue weighted by molar-refractivity contribution is 7.90. The third kappa shape index (κ3) is 5.29. The Morgan fingerprint density at radius 2 is 2.24 bits per heavy atom. The summed E-state index contributed by atoms with van der Waals surface area (Å²) in [7, 11) is -2.97. The van der Waals surface area contributed by atoms with Crippen molar-refractivity contribution in [3.8, 4) is 0 Å². The van der Waals surface area contributed by atoms with Gasteiger partial charge < -0.3 is 11.1 Å². The Labute approximate surface area is 105 Å². The Bertz CT molecular complexity index is 493. The summed E-state index contributed by atoms with van der Waals surface area (Å²) in [6.45, 7) is 2.35. The molecule has 96 valence electrons. The Balaban J connectivity index is 2.47. The first-order valence-corrected chi connectivity index (χ1v) is 8.00. The van der Waals surface area contributed by atoms with Gasteiger partial charge in [0.15, 0.2) is 0 Å². The highest BCUT2D eigenvalue weighted by Gasteiger charge is 2.11. The highest BCUT2D eigenvalue weighted by Crippen LogP contribution is 2.14. The fraction of sp³-hybridized carbons (Fsp3) is 0.500. The topological polar surface area (TPSA) is 89.3 Å². The van der Waals surface area contributed by atoms with Crippen molar-refractivity contribution in [2.45, 2.75) is 19.5 Å². The summed E-state index contributed by atoms with van der Waals surface area (Å²) in [5, 5.41) is 4.78. The molecule has 0 saturated carbocycles. The summed E-state index contributed by atoms with van der Waals surface area (Å²) in [5.74, 6) is -0.349. The number of sulfone groups is 1. The molecule has 1 rings (SSSR count). The number of rotatable bonds is 6. The Kier molecular flexibility index (Phi) is 4.67. The van der Waals surface area contributed by atoms with Crippen LogP contribution in [-0.4, -0.2) is 32.4 Å². The van der Waals surface area contributed by atoms with Crippen molar-refractivity contribution in [3.05, 3.63) is 21.9 Å². The molecule has 0 spiro atoms. The fourth-order valence-electron chi connectivity index (χ4n) is 1.39. The first-order chi connectivity index (χ1) is 7.78. The minimum atomic E-state index is -2.97. The predicted molar refractivity (Wildman–Crippen MR) is 68.8 cm³/mol. The molecule has 0 fully saturated rings. The third-order valence-corrected chi connectivity index (χ3v) is 4.16. The van der Waals surface area contributed by atoms with E-state index in [0.717, 1.165) is 4.88 Å². The summed E-state index contributed by atoms with van der Waals surface area (Å²) in [4.78, 5) is 11.8. The molecule has 0 radical (unpaired) electrons. The van der Waals surface area contributed by atoms with Crippen LogP contribution in [0.3, 0.4) is 0 Å². The van der Waals surface area contributed by atoms with Gasteiger partial charge in [-0.05, 0) is 13.0 Å². The summed E-state index contributed by atoms with van der Waals surface area (Å²) in [6.07, 6.45) is 1.21. The van der Waals surface area contributed by atoms with Crippen molar-refractivity contribution in [2.24, 2.45) is 5.73 Å². The molecule has 0 saturated heterocycles. The Morgan fingerprint density at radius 1 is 1.59 bits per heavy atom. The number of primary amides is 1. The van der Waals surface area contributed by atoms with E-state index in [1.165, 1.54) is 17.6 Å². The molecule has 1 unspecified atom stereocenters. The first kappa shape index (κ1) is 14.1. The van der Waals surface area contributed by atoms with Crippen LogP contribution in [0.5, 0.6) is 0 Å². The lowest BCUT2D eigenvalue weighted by molar-refractivity contribution is 0.100. The van der Waals surface area contributed by atoms with Crippen LogP contribution in [0.1, 0.15) is 22.2 Å². The lowest BCUT2D eigenvalue weighted by Crippen LogP contribution is -2.31. The smallest absolute Gasteiger partial charge is 0.249 e. The van der Waals surface area contributed by atoms with Crippen molar-refractivity contribution in [1.82, 2.24) is 5.32 Å². The normalized spacial score (nSPS) is 13.5. The second kappa shape index (κ2) is 5.61. The van der Waals surface area contributed by atoms with Crippen molar-refractivity contribution < 1.29 is 13.2 Å². The van der Waals surface area contributed by atoms with Crippen LogP contribution in [0, 0.1) is 0 Å². The zero-order chi connectivity index (χ0) is 13.1. The number of carbonyl (C=O) groups excluding carboxylic acids is 1. The number of hydrogen-bond donors (Lipinski definition) is 2. The molecule has 5 nitrogen and oxygen atoms in total. The molecule has 0 bridgehead atoms. The minimum Gasteiger partial charge on any atom is -0.366 e. The van der Waals surface area contributed by atoms with Gasteiger partial charge in [-0.25, -0.2) is 8.42 Å².